The molecule has 8 heteroatoms. The van der Waals surface area contributed by atoms with Gasteiger partial charge in [0.25, 0.3) is 5.91 Å². The Hall–Kier alpha value is -2.87. The monoisotopic (exact) mass is 427 g/mol. The second-order valence-corrected chi connectivity index (χ2v) is 9.89. The van der Waals surface area contributed by atoms with E-state index in [4.69, 9.17) is 4.74 Å². The van der Waals surface area contributed by atoms with E-state index in [1.54, 1.807) is 29.2 Å². The summed E-state index contributed by atoms with van der Waals surface area (Å²) in [5.74, 6) is 0.691. The lowest BCUT2D eigenvalue weighted by molar-refractivity contribution is 0.0708. The molecule has 0 bridgehead atoms. The third-order valence-corrected chi connectivity index (χ3v) is 7.14. The molecule has 1 saturated heterocycles. The first kappa shape index (κ1) is 20.4. The van der Waals surface area contributed by atoms with Gasteiger partial charge in [0.2, 0.25) is 0 Å². The Balaban J connectivity index is 1.41. The number of hydrogen-bond acceptors (Lipinski definition) is 5. The predicted molar refractivity (Wildman–Crippen MR) is 114 cm³/mol. The molecule has 0 N–H and O–H groups in total. The highest BCUT2D eigenvalue weighted by molar-refractivity contribution is 7.91. The fourth-order valence-corrected chi connectivity index (χ4v) is 5.56. The van der Waals surface area contributed by atoms with Crippen molar-refractivity contribution in [2.45, 2.75) is 32.9 Å². The SMILES string of the molecule is CCN(C(=O)c1ccc(OCc2cn3cc(C)ccc3n2)cc1)[C@@H]1CCS(=O)(=O)C1. The van der Waals surface area contributed by atoms with Gasteiger partial charge < -0.3 is 14.0 Å². The number of carbonyl (C=O) groups excluding carboxylic acids is 1. The number of ether oxygens (including phenoxy) is 1. The number of hydrogen-bond donors (Lipinski definition) is 0. The van der Waals surface area contributed by atoms with Crippen LogP contribution in [-0.4, -0.2) is 52.7 Å². The standard InChI is InChI=1S/C22H25N3O4S/c1-3-25(19-10-11-30(27,28)15-19)22(26)17-5-7-20(8-6-17)29-14-18-13-24-12-16(2)4-9-21(24)23-18/h4-9,12-13,19H,3,10-11,14-15H2,1-2H3/t19-/m1/s1. The zero-order valence-corrected chi connectivity index (χ0v) is 17.9. The van der Waals surface area contributed by atoms with E-state index < -0.39 is 9.84 Å². The second kappa shape index (κ2) is 8.10. The number of aryl methyl sites for hydroxylation is 1. The molecule has 0 radical (unpaired) electrons. The van der Waals surface area contributed by atoms with Crippen LogP contribution in [0.3, 0.4) is 0 Å². The molecule has 0 saturated carbocycles. The number of fused-ring (bicyclic) bond motifs is 1. The molecular weight excluding hydrogens is 402 g/mol. The lowest BCUT2D eigenvalue weighted by atomic mass is 10.1. The third kappa shape index (κ3) is 4.33. The van der Waals surface area contributed by atoms with Crippen molar-refractivity contribution in [3.8, 4) is 5.75 Å². The van der Waals surface area contributed by atoms with Gasteiger partial charge in [-0.2, -0.15) is 0 Å². The second-order valence-electron chi connectivity index (χ2n) is 7.67. The number of nitrogens with zero attached hydrogens (tertiary/aromatic N) is 3. The normalized spacial score (nSPS) is 17.9. The van der Waals surface area contributed by atoms with Crippen molar-refractivity contribution >= 4 is 21.4 Å². The Morgan fingerprint density at radius 1 is 1.20 bits per heavy atom. The van der Waals surface area contributed by atoms with Gasteiger partial charge in [0.05, 0.1) is 17.2 Å². The van der Waals surface area contributed by atoms with Gasteiger partial charge in [-0.25, -0.2) is 13.4 Å². The van der Waals surface area contributed by atoms with Crippen molar-refractivity contribution in [2.75, 3.05) is 18.1 Å². The Morgan fingerprint density at radius 2 is 1.97 bits per heavy atom. The Morgan fingerprint density at radius 3 is 2.63 bits per heavy atom. The van der Waals surface area contributed by atoms with Crippen molar-refractivity contribution in [2.24, 2.45) is 0 Å². The molecule has 1 atom stereocenters. The van der Waals surface area contributed by atoms with Crippen LogP contribution in [0.4, 0.5) is 0 Å². The first-order chi connectivity index (χ1) is 14.3. The van der Waals surface area contributed by atoms with Crippen LogP contribution >= 0.6 is 0 Å². The molecule has 1 aliphatic rings. The lowest BCUT2D eigenvalue weighted by Gasteiger charge is -2.27. The number of aromatic nitrogens is 2. The molecule has 3 heterocycles. The number of amides is 1. The summed E-state index contributed by atoms with van der Waals surface area (Å²) in [5.41, 5.74) is 3.37. The summed E-state index contributed by atoms with van der Waals surface area (Å²) in [6.07, 6.45) is 4.46. The number of pyridine rings is 1. The predicted octanol–water partition coefficient (Wildman–Crippen LogP) is 2.87. The van der Waals surface area contributed by atoms with Gasteiger partial charge in [-0.05, 0) is 56.2 Å². The smallest absolute Gasteiger partial charge is 0.254 e. The van der Waals surface area contributed by atoms with E-state index >= 15 is 0 Å². The highest BCUT2D eigenvalue weighted by Crippen LogP contribution is 2.21. The van der Waals surface area contributed by atoms with E-state index in [1.807, 2.05) is 42.8 Å². The first-order valence-corrected chi connectivity index (χ1v) is 11.9. The zero-order valence-electron chi connectivity index (χ0n) is 17.1. The van der Waals surface area contributed by atoms with Crippen LogP contribution < -0.4 is 4.74 Å². The van der Waals surface area contributed by atoms with E-state index in [9.17, 15) is 13.2 Å². The van der Waals surface area contributed by atoms with Gasteiger partial charge in [-0.3, -0.25) is 4.79 Å². The van der Waals surface area contributed by atoms with E-state index in [0.29, 0.717) is 30.9 Å². The fourth-order valence-electron chi connectivity index (χ4n) is 3.83. The molecule has 0 aliphatic carbocycles. The fraction of sp³-hybridized carbons (Fsp3) is 0.364. The van der Waals surface area contributed by atoms with E-state index in [0.717, 1.165) is 16.9 Å². The number of carbonyl (C=O) groups is 1. The highest BCUT2D eigenvalue weighted by atomic mass is 32.2. The summed E-state index contributed by atoms with van der Waals surface area (Å²) < 4.78 is 31.3. The number of benzene rings is 1. The van der Waals surface area contributed by atoms with E-state index in [-0.39, 0.29) is 23.5 Å². The lowest BCUT2D eigenvalue weighted by Crippen LogP contribution is -2.40. The van der Waals surface area contributed by atoms with Crippen molar-refractivity contribution < 1.29 is 17.9 Å². The van der Waals surface area contributed by atoms with Crippen LogP contribution in [0.25, 0.3) is 5.65 Å². The van der Waals surface area contributed by atoms with Crippen LogP contribution in [0.15, 0.2) is 48.8 Å². The Kier molecular flexibility index (Phi) is 5.51. The molecule has 0 unspecified atom stereocenters. The number of rotatable bonds is 6. The molecule has 0 spiro atoms. The van der Waals surface area contributed by atoms with Crippen LogP contribution in [0.2, 0.25) is 0 Å². The van der Waals surface area contributed by atoms with Crippen molar-refractivity contribution in [1.29, 1.82) is 0 Å². The van der Waals surface area contributed by atoms with Crippen molar-refractivity contribution in [1.82, 2.24) is 14.3 Å². The summed E-state index contributed by atoms with van der Waals surface area (Å²) >= 11 is 0. The van der Waals surface area contributed by atoms with E-state index in [2.05, 4.69) is 4.98 Å². The molecule has 3 aromatic rings. The number of imidazole rings is 1. The van der Waals surface area contributed by atoms with Crippen LogP contribution in [0.5, 0.6) is 5.75 Å². The average Bonchev–Trinajstić information content (AvgIpc) is 3.29. The Labute approximate surface area is 176 Å². The maximum absolute atomic E-state index is 12.9. The molecule has 1 aliphatic heterocycles. The minimum absolute atomic E-state index is 0.0479. The maximum atomic E-state index is 12.9. The van der Waals surface area contributed by atoms with Gasteiger partial charge >= 0.3 is 0 Å². The number of sulfone groups is 1. The summed E-state index contributed by atoms with van der Waals surface area (Å²) in [6, 6.07) is 10.7. The quantitative estimate of drug-likeness (QED) is 0.604. The molecule has 7 nitrogen and oxygen atoms in total. The Bertz CT molecular complexity index is 1170. The largest absolute Gasteiger partial charge is 0.487 e. The topological polar surface area (TPSA) is 81.0 Å². The molecule has 1 fully saturated rings. The minimum Gasteiger partial charge on any atom is -0.487 e. The van der Waals surface area contributed by atoms with Gasteiger partial charge in [0.15, 0.2) is 9.84 Å². The molecule has 2 aromatic heterocycles. The molecule has 4 rings (SSSR count). The van der Waals surface area contributed by atoms with Crippen molar-refractivity contribution in [3.05, 3.63) is 65.6 Å². The van der Waals surface area contributed by atoms with Gasteiger partial charge in [0, 0.05) is 30.5 Å². The summed E-state index contributed by atoms with van der Waals surface area (Å²) in [7, 11) is -3.04. The maximum Gasteiger partial charge on any atom is 0.254 e. The van der Waals surface area contributed by atoms with Crippen LogP contribution in [0.1, 0.15) is 35.0 Å². The van der Waals surface area contributed by atoms with Gasteiger partial charge in [-0.15, -0.1) is 0 Å². The third-order valence-electron chi connectivity index (χ3n) is 5.39. The molecule has 158 valence electrons. The average molecular weight is 428 g/mol. The van der Waals surface area contributed by atoms with Crippen LogP contribution in [-0.2, 0) is 16.4 Å². The van der Waals surface area contributed by atoms with E-state index in [1.165, 1.54) is 0 Å². The summed E-state index contributed by atoms with van der Waals surface area (Å²) in [4.78, 5) is 19.1. The molecule has 30 heavy (non-hydrogen) atoms. The van der Waals surface area contributed by atoms with Crippen LogP contribution in [0, 0.1) is 6.92 Å². The molecule has 1 amide bonds. The van der Waals surface area contributed by atoms with Crippen molar-refractivity contribution in [3.63, 3.8) is 0 Å². The highest BCUT2D eigenvalue weighted by Gasteiger charge is 2.34. The molecular formula is C22H25N3O4S. The van der Waals surface area contributed by atoms with Gasteiger partial charge in [-0.1, -0.05) is 6.07 Å². The summed E-state index contributed by atoms with van der Waals surface area (Å²) in [6.45, 7) is 4.71. The zero-order chi connectivity index (χ0) is 21.3. The molecule has 1 aromatic carbocycles. The first-order valence-electron chi connectivity index (χ1n) is 10.0. The minimum atomic E-state index is -3.04. The summed E-state index contributed by atoms with van der Waals surface area (Å²) in [5, 5.41) is 0. The van der Waals surface area contributed by atoms with Gasteiger partial charge in [0.1, 0.15) is 18.0 Å².